The van der Waals surface area contributed by atoms with E-state index in [0.717, 1.165) is 22.3 Å². The number of furan rings is 1. The second-order valence-electron chi connectivity index (χ2n) is 8.21. The van der Waals surface area contributed by atoms with Crippen molar-refractivity contribution in [2.45, 2.75) is 12.5 Å². The number of hydrogen-bond acceptors (Lipinski definition) is 8. The average molecular weight is 492 g/mol. The maximum Gasteiger partial charge on any atom is 0.248 e. The van der Waals surface area contributed by atoms with Crippen molar-refractivity contribution < 1.29 is 28.2 Å². The molecule has 1 atom stereocenters. The molecule has 2 aromatic carbocycles. The quantitative estimate of drug-likeness (QED) is 0.342. The van der Waals surface area contributed by atoms with E-state index in [1.165, 1.54) is 0 Å². The summed E-state index contributed by atoms with van der Waals surface area (Å²) >= 11 is 0. The maximum absolute atomic E-state index is 12.3. The minimum atomic E-state index is -0.528. The highest BCUT2D eigenvalue weighted by Gasteiger charge is 2.21. The van der Waals surface area contributed by atoms with Crippen LogP contribution >= 0.6 is 0 Å². The fourth-order valence-corrected chi connectivity index (χ4v) is 4.34. The highest BCUT2D eigenvalue weighted by molar-refractivity contribution is 5.99. The summed E-state index contributed by atoms with van der Waals surface area (Å²) in [5, 5.41) is 0. The van der Waals surface area contributed by atoms with Crippen molar-refractivity contribution in [1.82, 2.24) is 4.98 Å². The van der Waals surface area contributed by atoms with Crippen molar-refractivity contribution in [2.24, 2.45) is 11.5 Å². The normalized spacial score (nSPS) is 11.9. The number of methoxy groups -OCH3 is 4. The highest BCUT2D eigenvalue weighted by Crippen LogP contribution is 2.43. The molecule has 36 heavy (non-hydrogen) atoms. The predicted octanol–water partition coefficient (Wildman–Crippen LogP) is 3.80. The molecule has 0 fully saturated rings. The molecule has 0 spiro atoms. The van der Waals surface area contributed by atoms with Crippen LogP contribution in [0.5, 0.6) is 17.2 Å². The molecular formula is C27H29N3O6. The van der Waals surface area contributed by atoms with Gasteiger partial charge in [-0.3, -0.25) is 9.78 Å². The second kappa shape index (κ2) is 10.7. The van der Waals surface area contributed by atoms with Gasteiger partial charge in [-0.1, -0.05) is 12.1 Å². The maximum atomic E-state index is 12.3. The van der Waals surface area contributed by atoms with Crippen molar-refractivity contribution in [3.63, 3.8) is 0 Å². The summed E-state index contributed by atoms with van der Waals surface area (Å²) in [5.74, 6) is 1.53. The van der Waals surface area contributed by atoms with Gasteiger partial charge in [0.05, 0.1) is 27.9 Å². The number of benzene rings is 2. The SMILES string of the molecule is COC[C@@H](N)Cc1c(C(N)=O)cccc1-c1ccnc2cc(-c3cc(OC)c(OC)c(OC)c3)oc12. The minimum Gasteiger partial charge on any atom is -0.493 e. The number of amides is 1. The summed E-state index contributed by atoms with van der Waals surface area (Å²) in [6, 6.07) is 12.4. The summed E-state index contributed by atoms with van der Waals surface area (Å²) in [4.78, 5) is 16.7. The minimum absolute atomic E-state index is 0.321. The molecule has 2 aromatic heterocycles. The van der Waals surface area contributed by atoms with Gasteiger partial charge in [0.2, 0.25) is 11.7 Å². The van der Waals surface area contributed by atoms with Crippen LogP contribution in [0.2, 0.25) is 0 Å². The number of carbonyl (C=O) groups excluding carboxylic acids is 1. The molecule has 9 nitrogen and oxygen atoms in total. The molecule has 4 aromatic rings. The molecule has 2 heterocycles. The van der Waals surface area contributed by atoms with Crippen LogP contribution < -0.4 is 25.7 Å². The van der Waals surface area contributed by atoms with Crippen LogP contribution in [0.1, 0.15) is 15.9 Å². The average Bonchev–Trinajstić information content (AvgIpc) is 3.32. The lowest BCUT2D eigenvalue weighted by Crippen LogP contribution is -2.29. The molecule has 0 aliphatic rings. The molecular weight excluding hydrogens is 462 g/mol. The van der Waals surface area contributed by atoms with Gasteiger partial charge >= 0.3 is 0 Å². The summed E-state index contributed by atoms with van der Waals surface area (Å²) in [6.45, 7) is 0.338. The van der Waals surface area contributed by atoms with E-state index in [4.69, 9.17) is 34.8 Å². The highest BCUT2D eigenvalue weighted by atomic mass is 16.5. The monoisotopic (exact) mass is 491 g/mol. The number of nitrogens with zero attached hydrogens (tertiary/aromatic N) is 1. The van der Waals surface area contributed by atoms with Crippen LogP contribution in [-0.4, -0.2) is 52.0 Å². The Balaban J connectivity index is 1.89. The molecule has 0 saturated carbocycles. The fraction of sp³-hybridized carbons (Fsp3) is 0.259. The standard InChI is InChI=1S/C27H29N3O6/c1-32-14-16(28)12-20-17(6-5-7-19(20)27(29)31)18-8-9-30-21-13-22(36-25(18)21)15-10-23(33-2)26(35-4)24(11-15)34-3/h5-11,13,16H,12,14,28H2,1-4H3,(H2,29,31)/t16-/m0/s1. The molecule has 0 aliphatic carbocycles. The second-order valence-corrected chi connectivity index (χ2v) is 8.21. The number of aromatic nitrogens is 1. The Labute approximate surface area is 208 Å². The third kappa shape index (κ3) is 4.71. The molecule has 0 bridgehead atoms. The van der Waals surface area contributed by atoms with Gasteiger partial charge in [0, 0.05) is 42.1 Å². The van der Waals surface area contributed by atoms with Crippen LogP contribution in [0.4, 0.5) is 0 Å². The number of hydrogen-bond donors (Lipinski definition) is 2. The van der Waals surface area contributed by atoms with Gasteiger partial charge < -0.3 is 34.8 Å². The zero-order chi connectivity index (χ0) is 25.8. The van der Waals surface area contributed by atoms with Gasteiger partial charge in [0.25, 0.3) is 0 Å². The number of primary amides is 1. The first kappa shape index (κ1) is 25.0. The molecule has 4 N–H and O–H groups in total. The van der Waals surface area contributed by atoms with E-state index in [1.54, 1.807) is 46.8 Å². The Kier molecular flexibility index (Phi) is 7.42. The lowest BCUT2D eigenvalue weighted by atomic mass is 9.91. The molecule has 4 rings (SSSR count). The van der Waals surface area contributed by atoms with E-state index in [1.807, 2.05) is 30.3 Å². The lowest BCUT2D eigenvalue weighted by molar-refractivity contribution is 0.0999. The number of rotatable bonds is 10. The Bertz CT molecular complexity index is 1370. The van der Waals surface area contributed by atoms with Crippen molar-refractivity contribution in [3.05, 3.63) is 59.8 Å². The molecule has 0 radical (unpaired) electrons. The molecule has 0 saturated heterocycles. The lowest BCUT2D eigenvalue weighted by Gasteiger charge is -2.17. The van der Waals surface area contributed by atoms with E-state index in [-0.39, 0.29) is 6.04 Å². The Morgan fingerprint density at radius 2 is 1.72 bits per heavy atom. The Morgan fingerprint density at radius 3 is 2.33 bits per heavy atom. The summed E-state index contributed by atoms with van der Waals surface area (Å²) in [5.41, 5.74) is 16.6. The first-order valence-electron chi connectivity index (χ1n) is 11.3. The van der Waals surface area contributed by atoms with Crippen LogP contribution in [0.15, 0.2) is 53.1 Å². The van der Waals surface area contributed by atoms with Crippen molar-refractivity contribution >= 4 is 17.0 Å². The van der Waals surface area contributed by atoms with E-state index in [0.29, 0.717) is 52.7 Å². The zero-order valence-corrected chi connectivity index (χ0v) is 20.7. The van der Waals surface area contributed by atoms with Gasteiger partial charge in [0.1, 0.15) is 11.3 Å². The van der Waals surface area contributed by atoms with Gasteiger partial charge in [0.15, 0.2) is 17.1 Å². The van der Waals surface area contributed by atoms with Crippen molar-refractivity contribution in [1.29, 1.82) is 0 Å². The van der Waals surface area contributed by atoms with Gasteiger partial charge in [-0.05, 0) is 41.8 Å². The van der Waals surface area contributed by atoms with E-state index < -0.39 is 5.91 Å². The predicted molar refractivity (Wildman–Crippen MR) is 137 cm³/mol. The third-order valence-electron chi connectivity index (χ3n) is 5.94. The smallest absolute Gasteiger partial charge is 0.248 e. The van der Waals surface area contributed by atoms with E-state index >= 15 is 0 Å². The van der Waals surface area contributed by atoms with Crippen molar-refractivity contribution in [2.75, 3.05) is 35.0 Å². The third-order valence-corrected chi connectivity index (χ3v) is 5.94. The zero-order valence-electron chi connectivity index (χ0n) is 20.7. The largest absolute Gasteiger partial charge is 0.493 e. The summed E-state index contributed by atoms with van der Waals surface area (Å²) in [6.07, 6.45) is 2.09. The Morgan fingerprint density at radius 1 is 1.00 bits per heavy atom. The molecule has 0 aliphatic heterocycles. The summed E-state index contributed by atoms with van der Waals surface area (Å²) < 4.78 is 27.9. The summed E-state index contributed by atoms with van der Waals surface area (Å²) in [7, 11) is 6.25. The van der Waals surface area contributed by atoms with Crippen molar-refractivity contribution in [3.8, 4) is 39.7 Å². The van der Waals surface area contributed by atoms with Crippen LogP contribution in [0.25, 0.3) is 33.6 Å². The van der Waals surface area contributed by atoms with Gasteiger partial charge in [-0.15, -0.1) is 0 Å². The number of fused-ring (bicyclic) bond motifs is 1. The molecule has 0 unspecified atom stereocenters. The number of carbonyl (C=O) groups is 1. The first-order chi connectivity index (χ1) is 17.4. The number of nitrogens with two attached hydrogens (primary N) is 2. The number of ether oxygens (including phenoxy) is 4. The first-order valence-corrected chi connectivity index (χ1v) is 11.3. The topological polar surface area (TPSA) is 132 Å². The van der Waals surface area contributed by atoms with E-state index in [2.05, 4.69) is 4.98 Å². The molecule has 1 amide bonds. The van der Waals surface area contributed by atoms with Gasteiger partial charge in [-0.2, -0.15) is 0 Å². The molecule has 9 heteroatoms. The van der Waals surface area contributed by atoms with E-state index in [9.17, 15) is 4.79 Å². The number of pyridine rings is 1. The van der Waals surface area contributed by atoms with Crippen LogP contribution in [0, 0.1) is 0 Å². The van der Waals surface area contributed by atoms with Crippen LogP contribution in [0.3, 0.4) is 0 Å². The molecule has 188 valence electrons. The Hall–Kier alpha value is -4.08. The van der Waals surface area contributed by atoms with Gasteiger partial charge in [-0.25, -0.2) is 0 Å². The fourth-order valence-electron chi connectivity index (χ4n) is 4.34. The van der Waals surface area contributed by atoms with Crippen LogP contribution in [-0.2, 0) is 11.2 Å².